The summed E-state index contributed by atoms with van der Waals surface area (Å²) in [4.78, 5) is 4.23. The molecule has 0 bridgehead atoms. The van der Waals surface area contributed by atoms with Crippen molar-refractivity contribution >= 4 is 5.96 Å². The average Bonchev–Trinajstić information content (AvgIpc) is 2.93. The van der Waals surface area contributed by atoms with Gasteiger partial charge < -0.3 is 15.4 Å². The third-order valence-corrected chi connectivity index (χ3v) is 4.58. The lowest BCUT2D eigenvalue weighted by atomic mass is 9.60. The Labute approximate surface area is 116 Å². The van der Waals surface area contributed by atoms with Crippen LogP contribution in [0.4, 0.5) is 0 Å². The van der Waals surface area contributed by atoms with Gasteiger partial charge in [-0.3, -0.25) is 4.99 Å². The predicted molar refractivity (Wildman–Crippen MR) is 78.1 cm³/mol. The first kappa shape index (κ1) is 14.2. The minimum absolute atomic E-state index is 0.323. The van der Waals surface area contributed by atoms with Crippen molar-refractivity contribution in [1.82, 2.24) is 10.6 Å². The van der Waals surface area contributed by atoms with Crippen LogP contribution in [-0.2, 0) is 4.74 Å². The van der Waals surface area contributed by atoms with E-state index in [4.69, 9.17) is 11.2 Å². The van der Waals surface area contributed by atoms with Crippen molar-refractivity contribution in [3.63, 3.8) is 0 Å². The lowest BCUT2D eigenvalue weighted by molar-refractivity contribution is -0.125. The van der Waals surface area contributed by atoms with Gasteiger partial charge in [0.1, 0.15) is 0 Å². The second kappa shape index (κ2) is 6.29. The average molecular weight is 263 g/mol. The normalized spacial score (nSPS) is 28.8. The molecule has 2 N–H and O–H groups in total. The van der Waals surface area contributed by atoms with Crippen molar-refractivity contribution in [2.45, 2.75) is 51.2 Å². The first-order valence-corrected chi connectivity index (χ1v) is 7.29. The van der Waals surface area contributed by atoms with E-state index in [1.54, 1.807) is 7.05 Å². The summed E-state index contributed by atoms with van der Waals surface area (Å²) < 4.78 is 5.91. The lowest BCUT2D eigenvalue weighted by Gasteiger charge is -2.54. The Hall–Kier alpha value is -1.21. The summed E-state index contributed by atoms with van der Waals surface area (Å²) in [6.45, 7) is 3.40. The van der Waals surface area contributed by atoms with Gasteiger partial charge in [0.2, 0.25) is 0 Å². The van der Waals surface area contributed by atoms with E-state index in [-0.39, 0.29) is 0 Å². The van der Waals surface area contributed by atoms with E-state index in [1.807, 2.05) is 0 Å². The lowest BCUT2D eigenvalue weighted by Crippen LogP contribution is -2.65. The van der Waals surface area contributed by atoms with E-state index in [0.717, 1.165) is 19.0 Å². The molecule has 0 saturated heterocycles. The quantitative estimate of drug-likeness (QED) is 0.459. The van der Waals surface area contributed by atoms with E-state index in [2.05, 4.69) is 28.5 Å². The van der Waals surface area contributed by atoms with E-state index < -0.39 is 0 Å². The smallest absolute Gasteiger partial charge is 0.191 e. The van der Waals surface area contributed by atoms with Crippen molar-refractivity contribution < 1.29 is 4.74 Å². The molecule has 0 amide bonds. The minimum atomic E-state index is 0.323. The van der Waals surface area contributed by atoms with Crippen molar-refractivity contribution in [1.29, 1.82) is 0 Å². The van der Waals surface area contributed by atoms with Gasteiger partial charge in [-0.25, -0.2) is 0 Å². The third-order valence-electron chi connectivity index (χ3n) is 4.58. The van der Waals surface area contributed by atoms with Crippen LogP contribution in [0.1, 0.15) is 39.0 Å². The first-order chi connectivity index (χ1) is 9.26. The monoisotopic (exact) mass is 263 g/mol. The Bertz CT molecular complexity index is 366. The molecule has 106 valence electrons. The molecule has 2 fully saturated rings. The Morgan fingerprint density at radius 3 is 2.79 bits per heavy atom. The van der Waals surface area contributed by atoms with E-state index in [0.29, 0.717) is 24.1 Å². The molecule has 19 heavy (non-hydrogen) atoms. The fourth-order valence-electron chi connectivity index (χ4n) is 3.58. The first-order valence-electron chi connectivity index (χ1n) is 7.29. The molecule has 0 aromatic carbocycles. The fourth-order valence-corrected chi connectivity index (χ4v) is 3.58. The largest absolute Gasteiger partial charge is 0.378 e. The highest BCUT2D eigenvalue weighted by Gasteiger charge is 2.56. The molecule has 0 radical (unpaired) electrons. The highest BCUT2D eigenvalue weighted by Crippen LogP contribution is 2.54. The van der Waals surface area contributed by atoms with Crippen molar-refractivity contribution in [3.05, 3.63) is 0 Å². The van der Waals surface area contributed by atoms with E-state index >= 15 is 0 Å². The molecule has 0 aliphatic heterocycles. The zero-order valence-corrected chi connectivity index (χ0v) is 12.0. The molecule has 4 nitrogen and oxygen atoms in total. The summed E-state index contributed by atoms with van der Waals surface area (Å²) in [5.41, 5.74) is 0.323. The standard InChI is InChI=1S/C15H25N3O/c1-4-10-17-14(16-3)18-12-11-13(19-5-2)15(12)8-6-7-9-15/h1,12-13H,5-11H2,2-3H3,(H2,16,17,18). The van der Waals surface area contributed by atoms with E-state index in [1.165, 1.54) is 25.7 Å². The summed E-state index contributed by atoms with van der Waals surface area (Å²) in [7, 11) is 1.78. The minimum Gasteiger partial charge on any atom is -0.378 e. The Morgan fingerprint density at radius 1 is 1.47 bits per heavy atom. The molecule has 4 heteroatoms. The van der Waals surface area contributed by atoms with Gasteiger partial charge in [-0.2, -0.15) is 0 Å². The highest BCUT2D eigenvalue weighted by molar-refractivity contribution is 5.80. The molecule has 2 saturated carbocycles. The van der Waals surface area contributed by atoms with Crippen molar-refractivity contribution in [3.8, 4) is 12.3 Å². The van der Waals surface area contributed by atoms with Crippen LogP contribution in [0.25, 0.3) is 0 Å². The number of nitrogens with zero attached hydrogens (tertiary/aromatic N) is 1. The number of guanidine groups is 1. The second-order valence-corrected chi connectivity index (χ2v) is 5.45. The maximum atomic E-state index is 5.91. The molecule has 0 aromatic rings. The Kier molecular flexibility index (Phi) is 4.71. The molecule has 0 aromatic heterocycles. The number of nitrogens with one attached hydrogen (secondary N) is 2. The number of hydrogen-bond acceptors (Lipinski definition) is 2. The van der Waals surface area contributed by atoms with Crippen LogP contribution in [0.3, 0.4) is 0 Å². The number of ether oxygens (including phenoxy) is 1. The molecule has 2 rings (SSSR count). The summed E-state index contributed by atoms with van der Waals surface area (Å²) in [6, 6.07) is 0.468. The molecular weight excluding hydrogens is 238 g/mol. The van der Waals surface area contributed by atoms with Crippen LogP contribution in [-0.4, -0.2) is 38.3 Å². The number of hydrogen-bond donors (Lipinski definition) is 2. The van der Waals surface area contributed by atoms with Gasteiger partial charge >= 0.3 is 0 Å². The van der Waals surface area contributed by atoms with Gasteiger partial charge in [0.05, 0.1) is 12.6 Å². The van der Waals surface area contributed by atoms with Gasteiger partial charge in [-0.15, -0.1) is 6.42 Å². The summed E-state index contributed by atoms with van der Waals surface area (Å²) >= 11 is 0. The maximum absolute atomic E-state index is 5.91. The predicted octanol–water partition coefficient (Wildman–Crippen LogP) is 1.52. The van der Waals surface area contributed by atoms with Gasteiger partial charge in [-0.1, -0.05) is 18.8 Å². The van der Waals surface area contributed by atoms with Crippen LogP contribution >= 0.6 is 0 Å². The zero-order valence-electron chi connectivity index (χ0n) is 12.0. The highest BCUT2D eigenvalue weighted by atomic mass is 16.5. The van der Waals surface area contributed by atoms with E-state index in [9.17, 15) is 0 Å². The summed E-state index contributed by atoms with van der Waals surface area (Å²) in [5.74, 6) is 3.38. The van der Waals surface area contributed by atoms with Gasteiger partial charge in [0, 0.05) is 25.1 Å². The molecule has 1 spiro atoms. The van der Waals surface area contributed by atoms with Crippen molar-refractivity contribution in [2.24, 2.45) is 10.4 Å². The van der Waals surface area contributed by atoms with Crippen LogP contribution in [0.2, 0.25) is 0 Å². The number of aliphatic imine (C=N–C) groups is 1. The third kappa shape index (κ3) is 2.71. The maximum Gasteiger partial charge on any atom is 0.191 e. The molecule has 0 heterocycles. The fraction of sp³-hybridized carbons (Fsp3) is 0.800. The molecule has 2 aliphatic rings. The van der Waals surface area contributed by atoms with Crippen LogP contribution in [0.5, 0.6) is 0 Å². The summed E-state index contributed by atoms with van der Waals surface area (Å²) in [5, 5.41) is 6.66. The zero-order chi connectivity index (χ0) is 13.7. The van der Waals surface area contributed by atoms with Gasteiger partial charge in [0.25, 0.3) is 0 Å². The Morgan fingerprint density at radius 2 is 2.21 bits per heavy atom. The van der Waals surface area contributed by atoms with Crippen LogP contribution < -0.4 is 10.6 Å². The van der Waals surface area contributed by atoms with Crippen LogP contribution in [0, 0.1) is 17.8 Å². The van der Waals surface area contributed by atoms with Gasteiger partial charge in [0.15, 0.2) is 5.96 Å². The topological polar surface area (TPSA) is 45.7 Å². The number of terminal acetylenes is 1. The second-order valence-electron chi connectivity index (χ2n) is 5.45. The molecule has 2 aliphatic carbocycles. The molecular formula is C15H25N3O. The molecule has 2 atom stereocenters. The SMILES string of the molecule is C#CCNC(=NC)NC1CC(OCC)C12CCCC2. The van der Waals surface area contributed by atoms with Crippen molar-refractivity contribution in [2.75, 3.05) is 20.2 Å². The van der Waals surface area contributed by atoms with Gasteiger partial charge in [-0.05, 0) is 26.2 Å². The van der Waals surface area contributed by atoms with Crippen LogP contribution in [0.15, 0.2) is 4.99 Å². The Balaban J connectivity index is 1.95. The summed E-state index contributed by atoms with van der Waals surface area (Å²) in [6.07, 6.45) is 11.9. The number of rotatable bonds is 4. The molecule has 2 unspecified atom stereocenters.